The molecule has 0 aromatic carbocycles. The zero-order valence-corrected chi connectivity index (χ0v) is 11.8. The van der Waals surface area contributed by atoms with Crippen LogP contribution in [0.3, 0.4) is 0 Å². The van der Waals surface area contributed by atoms with E-state index in [4.69, 9.17) is 0 Å². The van der Waals surface area contributed by atoms with Crippen LogP contribution in [-0.2, 0) is 6.54 Å². The van der Waals surface area contributed by atoms with Gasteiger partial charge in [0.05, 0.1) is 6.54 Å². The second kappa shape index (κ2) is 6.36. The Kier molecular flexibility index (Phi) is 5.42. The van der Waals surface area contributed by atoms with E-state index in [1.54, 1.807) is 11.3 Å². The Labute approximate surface area is 104 Å². The second-order valence-corrected chi connectivity index (χ2v) is 5.85. The third kappa shape index (κ3) is 4.22. The lowest BCUT2D eigenvalue weighted by molar-refractivity contribution is 0.127. The molecule has 0 atom stereocenters. The lowest BCUT2D eigenvalue weighted by Gasteiger charge is -2.36. The van der Waals surface area contributed by atoms with Crippen LogP contribution in [0.1, 0.15) is 45.5 Å². The van der Waals surface area contributed by atoms with Gasteiger partial charge in [-0.25, -0.2) is 4.98 Å². The van der Waals surface area contributed by atoms with E-state index < -0.39 is 0 Å². The van der Waals surface area contributed by atoms with Gasteiger partial charge in [0, 0.05) is 11.6 Å². The van der Waals surface area contributed by atoms with Gasteiger partial charge in [0.1, 0.15) is 5.01 Å². The molecule has 0 aliphatic carbocycles. The number of aromatic nitrogens is 1. The standard InChI is InChI=1S/C11H18N2S.C2H6/c1-11(2)3-6-13(7-4-11)9-10-12-5-8-14-10;1-2/h5,8H,3-4,6-7,9H2,1-2H3;1-2H3. The van der Waals surface area contributed by atoms with E-state index in [-0.39, 0.29) is 0 Å². The molecule has 0 saturated carbocycles. The van der Waals surface area contributed by atoms with E-state index in [1.807, 2.05) is 20.0 Å². The topological polar surface area (TPSA) is 16.1 Å². The Morgan fingerprint density at radius 3 is 2.44 bits per heavy atom. The van der Waals surface area contributed by atoms with Crippen LogP contribution in [0, 0.1) is 5.41 Å². The van der Waals surface area contributed by atoms with E-state index in [0.717, 1.165) is 6.54 Å². The minimum Gasteiger partial charge on any atom is -0.297 e. The van der Waals surface area contributed by atoms with Gasteiger partial charge in [-0.1, -0.05) is 27.7 Å². The summed E-state index contributed by atoms with van der Waals surface area (Å²) in [6, 6.07) is 0. The number of hydrogen-bond donors (Lipinski definition) is 0. The molecular formula is C13H24N2S. The third-order valence-electron chi connectivity index (χ3n) is 3.05. The van der Waals surface area contributed by atoms with Crippen molar-refractivity contribution < 1.29 is 0 Å². The van der Waals surface area contributed by atoms with Crippen molar-refractivity contribution in [3.63, 3.8) is 0 Å². The maximum Gasteiger partial charge on any atom is 0.107 e. The Morgan fingerprint density at radius 1 is 1.31 bits per heavy atom. The summed E-state index contributed by atoms with van der Waals surface area (Å²) in [5.41, 5.74) is 0.555. The highest BCUT2D eigenvalue weighted by Crippen LogP contribution is 2.30. The van der Waals surface area contributed by atoms with E-state index in [9.17, 15) is 0 Å². The molecular weight excluding hydrogens is 216 g/mol. The first-order chi connectivity index (χ1) is 7.66. The summed E-state index contributed by atoms with van der Waals surface area (Å²) in [6.07, 6.45) is 4.53. The SMILES string of the molecule is CC.CC1(C)CCN(Cc2nccs2)CC1. The number of hydrogen-bond acceptors (Lipinski definition) is 3. The van der Waals surface area contributed by atoms with Gasteiger partial charge >= 0.3 is 0 Å². The molecule has 1 aliphatic rings. The second-order valence-electron chi connectivity index (χ2n) is 4.87. The fourth-order valence-corrected chi connectivity index (χ4v) is 2.50. The minimum atomic E-state index is 0.555. The van der Waals surface area contributed by atoms with Gasteiger partial charge in [0.25, 0.3) is 0 Å². The molecule has 3 heteroatoms. The van der Waals surface area contributed by atoms with Gasteiger partial charge in [-0.15, -0.1) is 11.3 Å². The van der Waals surface area contributed by atoms with E-state index in [2.05, 4.69) is 29.1 Å². The molecule has 1 aromatic heterocycles. The van der Waals surface area contributed by atoms with Gasteiger partial charge in [-0.2, -0.15) is 0 Å². The molecule has 1 aromatic rings. The van der Waals surface area contributed by atoms with Crippen LogP contribution in [0.2, 0.25) is 0 Å². The van der Waals surface area contributed by atoms with Crippen molar-refractivity contribution in [1.82, 2.24) is 9.88 Å². The summed E-state index contributed by atoms with van der Waals surface area (Å²) in [7, 11) is 0. The summed E-state index contributed by atoms with van der Waals surface area (Å²) in [5.74, 6) is 0. The Hall–Kier alpha value is -0.410. The first kappa shape index (κ1) is 13.7. The fraction of sp³-hybridized carbons (Fsp3) is 0.769. The molecule has 1 fully saturated rings. The van der Waals surface area contributed by atoms with Gasteiger partial charge in [0.2, 0.25) is 0 Å². The largest absolute Gasteiger partial charge is 0.297 e. The molecule has 16 heavy (non-hydrogen) atoms. The van der Waals surface area contributed by atoms with Crippen LogP contribution >= 0.6 is 11.3 Å². The van der Waals surface area contributed by atoms with Crippen molar-refractivity contribution in [3.05, 3.63) is 16.6 Å². The monoisotopic (exact) mass is 240 g/mol. The molecule has 0 amide bonds. The number of piperidine rings is 1. The lowest BCUT2D eigenvalue weighted by atomic mass is 9.83. The van der Waals surface area contributed by atoms with Crippen LogP contribution in [0.25, 0.3) is 0 Å². The maximum absolute atomic E-state index is 4.32. The summed E-state index contributed by atoms with van der Waals surface area (Å²) >= 11 is 1.76. The summed E-state index contributed by atoms with van der Waals surface area (Å²) in [5, 5.41) is 3.31. The van der Waals surface area contributed by atoms with Gasteiger partial charge in [-0.3, -0.25) is 4.90 Å². The van der Waals surface area contributed by atoms with Crippen LogP contribution in [0.4, 0.5) is 0 Å². The molecule has 0 unspecified atom stereocenters. The summed E-state index contributed by atoms with van der Waals surface area (Å²) in [4.78, 5) is 6.84. The van der Waals surface area contributed by atoms with Crippen molar-refractivity contribution >= 4 is 11.3 Å². The molecule has 0 radical (unpaired) electrons. The third-order valence-corrected chi connectivity index (χ3v) is 3.82. The molecule has 2 heterocycles. The van der Waals surface area contributed by atoms with Crippen molar-refractivity contribution in [3.8, 4) is 0 Å². The molecule has 0 bridgehead atoms. The van der Waals surface area contributed by atoms with Crippen LogP contribution < -0.4 is 0 Å². The molecule has 0 spiro atoms. The van der Waals surface area contributed by atoms with E-state index >= 15 is 0 Å². The maximum atomic E-state index is 4.32. The highest BCUT2D eigenvalue weighted by molar-refractivity contribution is 7.09. The van der Waals surface area contributed by atoms with Crippen LogP contribution in [0.5, 0.6) is 0 Å². The molecule has 1 saturated heterocycles. The quantitative estimate of drug-likeness (QED) is 0.782. The zero-order valence-electron chi connectivity index (χ0n) is 11.0. The summed E-state index contributed by atoms with van der Waals surface area (Å²) < 4.78 is 0. The molecule has 92 valence electrons. The average molecular weight is 240 g/mol. The average Bonchev–Trinajstić information content (AvgIpc) is 2.77. The number of thiazole rings is 1. The summed E-state index contributed by atoms with van der Waals surface area (Å²) in [6.45, 7) is 12.2. The minimum absolute atomic E-state index is 0.555. The van der Waals surface area contributed by atoms with Crippen molar-refractivity contribution in [2.45, 2.75) is 47.1 Å². The molecule has 2 nitrogen and oxygen atoms in total. The smallest absolute Gasteiger partial charge is 0.107 e. The van der Waals surface area contributed by atoms with Gasteiger partial charge < -0.3 is 0 Å². The first-order valence-corrected chi connectivity index (χ1v) is 7.14. The lowest BCUT2D eigenvalue weighted by Crippen LogP contribution is -2.36. The first-order valence-electron chi connectivity index (χ1n) is 6.26. The van der Waals surface area contributed by atoms with Crippen LogP contribution in [0.15, 0.2) is 11.6 Å². The molecule has 1 aliphatic heterocycles. The van der Waals surface area contributed by atoms with Crippen molar-refractivity contribution in [2.24, 2.45) is 5.41 Å². The molecule has 0 N–H and O–H groups in total. The van der Waals surface area contributed by atoms with E-state index in [0.29, 0.717) is 5.41 Å². The normalized spacial score (nSPS) is 20.0. The number of likely N-dealkylation sites (tertiary alicyclic amines) is 1. The highest BCUT2D eigenvalue weighted by Gasteiger charge is 2.25. The van der Waals surface area contributed by atoms with Gasteiger partial charge in [-0.05, 0) is 31.3 Å². The highest BCUT2D eigenvalue weighted by atomic mass is 32.1. The molecule has 2 rings (SSSR count). The fourth-order valence-electron chi connectivity index (χ4n) is 1.84. The van der Waals surface area contributed by atoms with Crippen molar-refractivity contribution in [2.75, 3.05) is 13.1 Å². The number of nitrogens with zero attached hydrogens (tertiary/aromatic N) is 2. The zero-order chi connectivity index (χ0) is 12.0. The predicted molar refractivity (Wildman–Crippen MR) is 71.8 cm³/mol. The van der Waals surface area contributed by atoms with Crippen molar-refractivity contribution in [1.29, 1.82) is 0 Å². The Morgan fingerprint density at radius 2 is 1.94 bits per heavy atom. The Bertz CT molecular complexity index is 270. The van der Waals surface area contributed by atoms with Gasteiger partial charge in [0.15, 0.2) is 0 Å². The number of rotatable bonds is 2. The predicted octanol–water partition coefficient (Wildman–Crippen LogP) is 3.79. The Balaban J connectivity index is 0.000000606. The van der Waals surface area contributed by atoms with Crippen LogP contribution in [-0.4, -0.2) is 23.0 Å². The van der Waals surface area contributed by atoms with E-state index in [1.165, 1.54) is 30.9 Å².